The minimum atomic E-state index is -4.28. The van der Waals surface area contributed by atoms with Gasteiger partial charge in [-0.2, -0.15) is 0 Å². The van der Waals surface area contributed by atoms with E-state index >= 15 is 0 Å². The van der Waals surface area contributed by atoms with Crippen molar-refractivity contribution in [3.05, 3.63) is 29.8 Å². The van der Waals surface area contributed by atoms with E-state index in [0.717, 1.165) is 26.3 Å². The molecule has 2 aliphatic heterocycles. The molecule has 2 saturated heterocycles. The number of fused-ring (bicyclic) bond motifs is 1. The number of amides is 1. The van der Waals surface area contributed by atoms with E-state index in [0.29, 0.717) is 4.31 Å². The zero-order valence-corrected chi connectivity index (χ0v) is 18.7. The molecule has 0 unspecified atom stereocenters. The first-order chi connectivity index (χ1) is 14.9. The van der Waals surface area contributed by atoms with Crippen LogP contribution in [0.15, 0.2) is 29.2 Å². The topological polar surface area (TPSA) is 143 Å². The van der Waals surface area contributed by atoms with E-state index in [1.54, 1.807) is 19.1 Å². The van der Waals surface area contributed by atoms with Crippen molar-refractivity contribution in [2.75, 3.05) is 6.61 Å². The van der Waals surface area contributed by atoms with Crippen molar-refractivity contribution in [2.24, 2.45) is 5.92 Å². The lowest BCUT2D eigenvalue weighted by molar-refractivity contribution is -0.270. The number of benzene rings is 1. The normalized spacial score (nSPS) is 27.1. The van der Waals surface area contributed by atoms with Gasteiger partial charge in [-0.3, -0.25) is 19.2 Å². The standard InChI is InChI=1S/C20H23NO10S/c1-10-5-7-14(8-6-10)32(26,27)21-19(25)16-18(30-13(4)24)17(29-12(3)23)15(31-20(16)21)9-28-11(2)22/h5-8,15-18,20H,9H2,1-4H3/t15-,16+,17-,18-,20+/m1/s1. The highest BCUT2D eigenvalue weighted by molar-refractivity contribution is 7.89. The second-order valence-corrected chi connectivity index (χ2v) is 9.31. The molecule has 11 nitrogen and oxygen atoms in total. The van der Waals surface area contributed by atoms with Gasteiger partial charge in [-0.1, -0.05) is 17.7 Å². The van der Waals surface area contributed by atoms with Crippen LogP contribution >= 0.6 is 0 Å². The van der Waals surface area contributed by atoms with Crippen molar-refractivity contribution >= 4 is 33.8 Å². The van der Waals surface area contributed by atoms with Crippen LogP contribution in [0.1, 0.15) is 26.3 Å². The molecule has 0 N–H and O–H groups in total. The number of ether oxygens (including phenoxy) is 4. The van der Waals surface area contributed by atoms with Crippen molar-refractivity contribution in [2.45, 2.75) is 57.1 Å². The largest absolute Gasteiger partial charge is 0.463 e. The highest BCUT2D eigenvalue weighted by Crippen LogP contribution is 2.43. The third-order valence-electron chi connectivity index (χ3n) is 5.03. The maximum absolute atomic E-state index is 13.1. The summed E-state index contributed by atoms with van der Waals surface area (Å²) in [6.45, 7) is 4.72. The molecule has 174 valence electrons. The Kier molecular flexibility index (Phi) is 6.56. The number of hydrogen-bond acceptors (Lipinski definition) is 10. The minimum Gasteiger partial charge on any atom is -0.463 e. The number of carbonyl (C=O) groups excluding carboxylic acids is 4. The fourth-order valence-corrected chi connectivity index (χ4v) is 5.17. The predicted molar refractivity (Wildman–Crippen MR) is 105 cm³/mol. The maximum Gasteiger partial charge on any atom is 0.303 e. The summed E-state index contributed by atoms with van der Waals surface area (Å²) in [7, 11) is -4.28. The molecule has 12 heteroatoms. The quantitative estimate of drug-likeness (QED) is 0.324. The van der Waals surface area contributed by atoms with E-state index in [4.69, 9.17) is 18.9 Å². The van der Waals surface area contributed by atoms with Gasteiger partial charge >= 0.3 is 17.9 Å². The van der Waals surface area contributed by atoms with Crippen molar-refractivity contribution in [1.29, 1.82) is 0 Å². The zero-order valence-electron chi connectivity index (χ0n) is 17.8. The number of β-lactam (4-membered cyclic amide) rings is 1. The van der Waals surface area contributed by atoms with Gasteiger partial charge in [-0.25, -0.2) is 12.7 Å². The zero-order chi connectivity index (χ0) is 23.8. The van der Waals surface area contributed by atoms with E-state index in [1.165, 1.54) is 12.1 Å². The monoisotopic (exact) mass is 469 g/mol. The Balaban J connectivity index is 1.97. The van der Waals surface area contributed by atoms with Crippen LogP contribution in [0.3, 0.4) is 0 Å². The molecule has 0 saturated carbocycles. The van der Waals surface area contributed by atoms with E-state index in [-0.39, 0.29) is 4.90 Å². The summed E-state index contributed by atoms with van der Waals surface area (Å²) in [6.07, 6.45) is -5.14. The third-order valence-corrected chi connectivity index (χ3v) is 6.81. The van der Waals surface area contributed by atoms with Crippen molar-refractivity contribution in [3.8, 4) is 0 Å². The SMILES string of the molecule is CC(=O)OC[C@H]1O[C@H]2[C@H](C(=O)N2S(=O)(=O)c2ccc(C)cc2)[C@@H](OC(C)=O)[C@@H]1OC(C)=O. The van der Waals surface area contributed by atoms with Gasteiger partial charge in [0.1, 0.15) is 18.6 Å². The fourth-order valence-electron chi connectivity index (χ4n) is 3.65. The van der Waals surface area contributed by atoms with Crippen LogP contribution in [-0.4, -0.2) is 67.7 Å². The number of sulfonamides is 1. The van der Waals surface area contributed by atoms with Crippen LogP contribution in [0.4, 0.5) is 0 Å². The van der Waals surface area contributed by atoms with E-state index in [2.05, 4.69) is 0 Å². The smallest absolute Gasteiger partial charge is 0.303 e. The molecule has 0 aromatic heterocycles. The number of nitrogens with zero attached hydrogens (tertiary/aromatic N) is 1. The first-order valence-electron chi connectivity index (χ1n) is 9.71. The van der Waals surface area contributed by atoms with Crippen LogP contribution in [0.25, 0.3) is 0 Å². The van der Waals surface area contributed by atoms with E-state index in [1.807, 2.05) is 0 Å². The molecule has 0 radical (unpaired) electrons. The molecule has 2 heterocycles. The van der Waals surface area contributed by atoms with Crippen LogP contribution in [0.2, 0.25) is 0 Å². The van der Waals surface area contributed by atoms with Gasteiger partial charge in [0.05, 0.1) is 4.90 Å². The molecular formula is C20H23NO10S. The first-order valence-corrected chi connectivity index (χ1v) is 11.2. The van der Waals surface area contributed by atoms with Crippen LogP contribution < -0.4 is 0 Å². The van der Waals surface area contributed by atoms with Gasteiger partial charge in [0.25, 0.3) is 10.0 Å². The Morgan fingerprint density at radius 3 is 2.06 bits per heavy atom. The second kappa shape index (κ2) is 8.87. The molecule has 32 heavy (non-hydrogen) atoms. The third kappa shape index (κ3) is 4.46. The number of esters is 3. The lowest BCUT2D eigenvalue weighted by Crippen LogP contribution is -2.74. The molecule has 0 aliphatic carbocycles. The highest BCUT2D eigenvalue weighted by atomic mass is 32.2. The molecule has 0 spiro atoms. The predicted octanol–water partition coefficient (Wildman–Crippen LogP) is 0.294. The summed E-state index contributed by atoms with van der Waals surface area (Å²) in [4.78, 5) is 47.4. The van der Waals surface area contributed by atoms with Crippen molar-refractivity contribution < 1.29 is 46.5 Å². The van der Waals surface area contributed by atoms with Crippen LogP contribution in [-0.2, 0) is 48.1 Å². The van der Waals surface area contributed by atoms with Gasteiger partial charge < -0.3 is 18.9 Å². The van der Waals surface area contributed by atoms with Gasteiger partial charge in [-0.05, 0) is 19.1 Å². The average Bonchev–Trinajstić information content (AvgIpc) is 2.67. The fraction of sp³-hybridized carbons (Fsp3) is 0.500. The van der Waals surface area contributed by atoms with Gasteiger partial charge in [0.2, 0.25) is 5.91 Å². The minimum absolute atomic E-state index is 0.124. The molecule has 1 aromatic rings. The lowest BCUT2D eigenvalue weighted by atomic mass is 9.84. The van der Waals surface area contributed by atoms with Crippen LogP contribution in [0, 0.1) is 12.8 Å². The van der Waals surface area contributed by atoms with E-state index < -0.39 is 70.9 Å². The molecule has 5 atom stereocenters. The van der Waals surface area contributed by atoms with Gasteiger partial charge in [-0.15, -0.1) is 0 Å². The van der Waals surface area contributed by atoms with E-state index in [9.17, 15) is 27.6 Å². The number of carbonyl (C=O) groups is 4. The van der Waals surface area contributed by atoms with Crippen molar-refractivity contribution in [3.63, 3.8) is 0 Å². The summed E-state index contributed by atoms with van der Waals surface area (Å²) < 4.78 is 47.9. The molecule has 1 aromatic carbocycles. The molecular weight excluding hydrogens is 446 g/mol. The summed E-state index contributed by atoms with van der Waals surface area (Å²) >= 11 is 0. The Morgan fingerprint density at radius 1 is 0.969 bits per heavy atom. The maximum atomic E-state index is 13.1. The van der Waals surface area contributed by atoms with Crippen molar-refractivity contribution in [1.82, 2.24) is 4.31 Å². The highest BCUT2D eigenvalue weighted by Gasteiger charge is 2.65. The van der Waals surface area contributed by atoms with Crippen LogP contribution in [0.5, 0.6) is 0 Å². The first kappa shape index (κ1) is 23.7. The Morgan fingerprint density at radius 2 is 1.53 bits per heavy atom. The number of aryl methyl sites for hydroxylation is 1. The Hall–Kier alpha value is -2.99. The second-order valence-electron chi connectivity index (χ2n) is 7.49. The number of rotatable bonds is 6. The number of hydrogen-bond donors (Lipinski definition) is 0. The average molecular weight is 469 g/mol. The summed E-state index contributed by atoms with van der Waals surface area (Å²) in [5.41, 5.74) is 0.825. The molecule has 2 aliphatic rings. The Bertz CT molecular complexity index is 1030. The van der Waals surface area contributed by atoms with Gasteiger partial charge in [0.15, 0.2) is 18.4 Å². The summed E-state index contributed by atoms with van der Waals surface area (Å²) in [5, 5.41) is 0. The summed E-state index contributed by atoms with van der Waals surface area (Å²) in [6, 6.07) is 5.88. The molecule has 3 rings (SSSR count). The molecule has 1 amide bonds. The molecule has 2 fully saturated rings. The molecule has 0 bridgehead atoms. The van der Waals surface area contributed by atoms with Gasteiger partial charge in [0, 0.05) is 20.8 Å². The Labute approximate surface area is 184 Å². The summed E-state index contributed by atoms with van der Waals surface area (Å²) in [5.74, 6) is -4.28. The lowest BCUT2D eigenvalue weighted by Gasteiger charge is -2.53.